The van der Waals surface area contributed by atoms with Crippen molar-refractivity contribution in [3.8, 4) is 17.9 Å². The molecule has 2 N–H and O–H groups in total. The number of nitrogens with two attached hydrogens (primary N) is 1. The Morgan fingerprint density at radius 1 is 1.20 bits per heavy atom. The molecular weight excluding hydrogens is 441 g/mol. The molecule has 35 heavy (non-hydrogen) atoms. The molecule has 6 nitrogen and oxygen atoms in total. The van der Waals surface area contributed by atoms with Gasteiger partial charge in [-0.15, -0.1) is 0 Å². The Labute approximate surface area is 203 Å². The van der Waals surface area contributed by atoms with Gasteiger partial charge in [0, 0.05) is 32.6 Å². The zero-order chi connectivity index (χ0) is 24.6. The number of hydrogen-bond donors (Lipinski definition) is 1. The van der Waals surface area contributed by atoms with E-state index in [1.54, 1.807) is 23.8 Å². The maximum Gasteiger partial charge on any atom is 0.270 e. The first-order valence-electron chi connectivity index (χ1n) is 11.7. The third kappa shape index (κ3) is 4.09. The Kier molecular flexibility index (Phi) is 5.88. The van der Waals surface area contributed by atoms with E-state index in [4.69, 9.17) is 11.0 Å². The van der Waals surface area contributed by atoms with Crippen molar-refractivity contribution >= 4 is 5.95 Å². The van der Waals surface area contributed by atoms with E-state index in [-0.39, 0.29) is 29.0 Å². The minimum Gasteiger partial charge on any atom is -0.342 e. The molecule has 1 aromatic heterocycles. The largest absolute Gasteiger partial charge is 0.342 e. The van der Waals surface area contributed by atoms with Gasteiger partial charge in [-0.25, -0.2) is 9.37 Å². The normalized spacial score (nSPS) is 18.0. The van der Waals surface area contributed by atoms with Crippen LogP contribution in [0.25, 0.3) is 0 Å². The van der Waals surface area contributed by atoms with Gasteiger partial charge in [0.2, 0.25) is 5.95 Å². The van der Waals surface area contributed by atoms with Gasteiger partial charge in [-0.2, -0.15) is 5.26 Å². The molecule has 1 atom stereocenters. The van der Waals surface area contributed by atoms with Crippen molar-refractivity contribution in [2.75, 3.05) is 18.0 Å². The van der Waals surface area contributed by atoms with Crippen molar-refractivity contribution < 1.29 is 4.39 Å². The summed E-state index contributed by atoms with van der Waals surface area (Å²) in [5.74, 6) is 5.85. The van der Waals surface area contributed by atoms with Crippen LogP contribution in [0.3, 0.4) is 0 Å². The van der Waals surface area contributed by atoms with Crippen LogP contribution in [0.5, 0.6) is 0 Å². The predicted octanol–water partition coefficient (Wildman–Crippen LogP) is 3.23. The highest BCUT2D eigenvalue weighted by Gasteiger charge is 2.46. The lowest BCUT2D eigenvalue weighted by molar-refractivity contribution is 0.186. The fraction of sp³-hybridized carbons (Fsp3) is 0.321. The Morgan fingerprint density at radius 3 is 2.69 bits per heavy atom. The van der Waals surface area contributed by atoms with E-state index in [2.05, 4.69) is 46.0 Å². The average Bonchev–Trinajstić information content (AvgIpc) is 3.14. The van der Waals surface area contributed by atoms with Crippen molar-refractivity contribution in [1.82, 2.24) is 9.55 Å². The fourth-order valence-electron chi connectivity index (χ4n) is 5.37. The Hall–Kier alpha value is -3.94. The molecule has 2 aromatic carbocycles. The second kappa shape index (κ2) is 9.02. The van der Waals surface area contributed by atoms with E-state index in [9.17, 15) is 9.18 Å². The van der Waals surface area contributed by atoms with E-state index in [0.717, 1.165) is 32.4 Å². The maximum absolute atomic E-state index is 13.8. The summed E-state index contributed by atoms with van der Waals surface area (Å²) in [5.41, 5.74) is 10.1. The van der Waals surface area contributed by atoms with Gasteiger partial charge in [0.15, 0.2) is 0 Å². The molecule has 0 unspecified atom stereocenters. The van der Waals surface area contributed by atoms with Gasteiger partial charge in [-0.3, -0.25) is 9.36 Å². The van der Waals surface area contributed by atoms with Crippen LogP contribution in [0, 0.1) is 34.4 Å². The topological polar surface area (TPSA) is 87.9 Å². The summed E-state index contributed by atoms with van der Waals surface area (Å²) < 4.78 is 15.3. The molecule has 7 heteroatoms. The van der Waals surface area contributed by atoms with Crippen LogP contribution in [0.1, 0.15) is 46.7 Å². The predicted molar refractivity (Wildman–Crippen MR) is 132 cm³/mol. The highest BCUT2D eigenvalue weighted by molar-refractivity contribution is 5.42. The van der Waals surface area contributed by atoms with Gasteiger partial charge in [0.1, 0.15) is 17.4 Å². The van der Waals surface area contributed by atoms with Gasteiger partial charge >= 0.3 is 0 Å². The molecule has 1 spiro atoms. The van der Waals surface area contributed by atoms with Crippen molar-refractivity contribution in [2.24, 2.45) is 18.2 Å². The lowest BCUT2D eigenvalue weighted by atomic mass is 9.73. The van der Waals surface area contributed by atoms with Gasteiger partial charge in [-0.05, 0) is 53.5 Å². The summed E-state index contributed by atoms with van der Waals surface area (Å²) >= 11 is 0. The van der Waals surface area contributed by atoms with E-state index in [1.165, 1.54) is 29.5 Å². The van der Waals surface area contributed by atoms with Crippen LogP contribution in [-0.4, -0.2) is 22.6 Å². The van der Waals surface area contributed by atoms with Gasteiger partial charge in [0.05, 0.1) is 11.8 Å². The summed E-state index contributed by atoms with van der Waals surface area (Å²) in [4.78, 5) is 19.7. The number of benzene rings is 2. The zero-order valence-electron chi connectivity index (χ0n) is 19.6. The molecule has 1 aliphatic carbocycles. The van der Waals surface area contributed by atoms with Gasteiger partial charge in [0.25, 0.3) is 5.56 Å². The van der Waals surface area contributed by atoms with E-state index in [0.29, 0.717) is 17.1 Å². The maximum atomic E-state index is 13.8. The Balaban J connectivity index is 1.28. The van der Waals surface area contributed by atoms with Crippen LogP contribution in [-0.2, 0) is 19.9 Å². The average molecular weight is 468 g/mol. The molecule has 1 fully saturated rings. The first-order chi connectivity index (χ1) is 16.9. The summed E-state index contributed by atoms with van der Waals surface area (Å²) in [6.07, 6.45) is 4.68. The van der Waals surface area contributed by atoms with Gasteiger partial charge < -0.3 is 10.6 Å². The molecular formula is C28H26FN5O. The van der Waals surface area contributed by atoms with Gasteiger partial charge in [-0.1, -0.05) is 42.2 Å². The third-order valence-corrected chi connectivity index (χ3v) is 7.45. The number of rotatable bonds is 2. The van der Waals surface area contributed by atoms with Crippen molar-refractivity contribution in [3.63, 3.8) is 0 Å². The fourth-order valence-corrected chi connectivity index (χ4v) is 5.37. The number of piperidine rings is 1. The number of halogens is 1. The second-order valence-electron chi connectivity index (χ2n) is 9.44. The first kappa shape index (κ1) is 22.8. The number of aromatic nitrogens is 2. The Morgan fingerprint density at radius 2 is 1.97 bits per heavy atom. The van der Waals surface area contributed by atoms with E-state index >= 15 is 0 Å². The highest BCUT2D eigenvalue weighted by Crippen LogP contribution is 2.50. The third-order valence-electron chi connectivity index (χ3n) is 7.45. The molecule has 2 heterocycles. The number of nitriles is 1. The van der Waals surface area contributed by atoms with Crippen molar-refractivity contribution in [1.29, 1.82) is 5.26 Å². The van der Waals surface area contributed by atoms with Crippen LogP contribution in [0.4, 0.5) is 10.3 Å². The molecule has 0 saturated carbocycles. The molecule has 0 bridgehead atoms. The second-order valence-corrected chi connectivity index (χ2v) is 9.44. The lowest BCUT2D eigenvalue weighted by Gasteiger charge is -2.42. The van der Waals surface area contributed by atoms with E-state index < -0.39 is 5.82 Å². The lowest BCUT2D eigenvalue weighted by Crippen LogP contribution is -2.46. The first-order valence-corrected chi connectivity index (χ1v) is 11.7. The van der Waals surface area contributed by atoms with Crippen LogP contribution < -0.4 is 16.2 Å². The smallest absolute Gasteiger partial charge is 0.270 e. The summed E-state index contributed by atoms with van der Waals surface area (Å²) in [6, 6.07) is 14.7. The molecule has 176 valence electrons. The molecule has 0 radical (unpaired) electrons. The highest BCUT2D eigenvalue weighted by atomic mass is 19.1. The molecule has 1 aliphatic heterocycles. The number of fused-ring (bicyclic) bond motifs is 1. The minimum absolute atomic E-state index is 0.00143. The molecule has 1 saturated heterocycles. The van der Waals surface area contributed by atoms with Crippen LogP contribution in [0.15, 0.2) is 53.5 Å². The molecule has 5 rings (SSSR count). The summed E-state index contributed by atoms with van der Waals surface area (Å²) in [5, 5.41) is 8.84. The quantitative estimate of drug-likeness (QED) is 0.585. The van der Waals surface area contributed by atoms with E-state index in [1.807, 2.05) is 0 Å². The molecule has 0 amide bonds. The summed E-state index contributed by atoms with van der Waals surface area (Å²) in [6.45, 7) is 1.58. The number of hydrogen-bond acceptors (Lipinski definition) is 5. The molecule has 2 aliphatic rings. The number of anilines is 1. The monoisotopic (exact) mass is 467 g/mol. The Bertz CT molecular complexity index is 1450. The van der Waals surface area contributed by atoms with Crippen molar-refractivity contribution in [3.05, 3.63) is 92.6 Å². The summed E-state index contributed by atoms with van der Waals surface area (Å²) in [7, 11) is 1.72. The van der Waals surface area contributed by atoms with Crippen molar-refractivity contribution in [2.45, 2.75) is 31.7 Å². The minimum atomic E-state index is -0.570. The SMILES string of the molecule is Cn1c(N2CCC3(CC2)Cc2ccccc2[C@H]3N)ncc(C#CCc2ccc(C#N)c(F)c2)c1=O. The van der Waals surface area contributed by atoms with Crippen LogP contribution >= 0.6 is 0 Å². The number of nitrogens with zero attached hydrogens (tertiary/aromatic N) is 4. The molecule has 3 aromatic rings. The zero-order valence-corrected chi connectivity index (χ0v) is 19.6. The standard InChI is InChI=1S/C28H26FN5O/c1-33-26(35)22(7-4-5-19-9-10-21(17-30)24(29)15-19)18-32-27(33)34-13-11-28(12-14-34)16-20-6-2-3-8-23(20)25(28)31/h2-3,6,8-10,15,18,25H,5,11-14,16,31H2,1H3/t25-/m1/s1. The van der Waals surface area contributed by atoms with Crippen LogP contribution in [0.2, 0.25) is 0 Å².